The Morgan fingerprint density at radius 2 is 1.91 bits per heavy atom. The standard InChI is InChI=1S/C18H21N3O/c19-21-11-20-17-14-9-5-4-8-13(14)10-15(16(17)18(21)22)12-6-2-1-3-7-12/h4-5,8-9,11-12,15H,1-3,6-7,10,19H2. The van der Waals surface area contributed by atoms with Crippen molar-refractivity contribution in [3.8, 4) is 11.3 Å². The summed E-state index contributed by atoms with van der Waals surface area (Å²) in [5, 5.41) is 0. The summed E-state index contributed by atoms with van der Waals surface area (Å²) >= 11 is 0. The Kier molecular flexibility index (Phi) is 3.25. The molecule has 1 aromatic carbocycles. The SMILES string of the molecule is Nn1cnc2c(c1=O)C(C1CCCCC1)Cc1ccccc1-2. The third-order valence-corrected chi connectivity index (χ3v) is 5.33. The number of hydrogen-bond acceptors (Lipinski definition) is 3. The zero-order valence-corrected chi connectivity index (χ0v) is 12.7. The van der Waals surface area contributed by atoms with Crippen LogP contribution in [0.5, 0.6) is 0 Å². The van der Waals surface area contributed by atoms with E-state index in [9.17, 15) is 4.79 Å². The molecular weight excluding hydrogens is 274 g/mol. The summed E-state index contributed by atoms with van der Waals surface area (Å²) < 4.78 is 1.14. The molecule has 2 aliphatic carbocycles. The third kappa shape index (κ3) is 2.05. The zero-order chi connectivity index (χ0) is 15.1. The number of rotatable bonds is 1. The Balaban J connectivity index is 1.90. The highest BCUT2D eigenvalue weighted by molar-refractivity contribution is 5.70. The molecule has 0 radical (unpaired) electrons. The molecule has 4 nitrogen and oxygen atoms in total. The quantitative estimate of drug-likeness (QED) is 0.823. The molecule has 1 aromatic heterocycles. The summed E-state index contributed by atoms with van der Waals surface area (Å²) in [5.74, 6) is 6.64. The Morgan fingerprint density at radius 1 is 1.14 bits per heavy atom. The van der Waals surface area contributed by atoms with Crippen LogP contribution in [0.15, 0.2) is 35.4 Å². The van der Waals surface area contributed by atoms with Crippen LogP contribution in [-0.4, -0.2) is 9.66 Å². The number of hydrogen-bond donors (Lipinski definition) is 1. The van der Waals surface area contributed by atoms with Gasteiger partial charge in [-0.25, -0.2) is 9.66 Å². The fourth-order valence-electron chi connectivity index (χ4n) is 4.24. The van der Waals surface area contributed by atoms with Crippen molar-refractivity contribution in [1.82, 2.24) is 9.66 Å². The monoisotopic (exact) mass is 295 g/mol. The smallest absolute Gasteiger partial charge is 0.275 e. The van der Waals surface area contributed by atoms with Crippen LogP contribution in [0.2, 0.25) is 0 Å². The lowest BCUT2D eigenvalue weighted by Crippen LogP contribution is -2.36. The van der Waals surface area contributed by atoms with Gasteiger partial charge in [-0.1, -0.05) is 43.5 Å². The van der Waals surface area contributed by atoms with E-state index >= 15 is 0 Å². The van der Waals surface area contributed by atoms with Gasteiger partial charge in [0.25, 0.3) is 5.56 Å². The predicted octanol–water partition coefficient (Wildman–Crippen LogP) is 2.84. The highest BCUT2D eigenvalue weighted by Crippen LogP contribution is 2.44. The molecule has 0 saturated heterocycles. The second kappa shape index (κ2) is 5.27. The molecule has 0 amide bonds. The van der Waals surface area contributed by atoms with Crippen molar-refractivity contribution in [3.63, 3.8) is 0 Å². The molecule has 1 atom stereocenters. The minimum Gasteiger partial charge on any atom is -0.335 e. The van der Waals surface area contributed by atoms with Gasteiger partial charge in [-0.05, 0) is 36.7 Å². The van der Waals surface area contributed by atoms with E-state index in [-0.39, 0.29) is 11.5 Å². The van der Waals surface area contributed by atoms with Gasteiger partial charge in [0.2, 0.25) is 0 Å². The molecule has 2 aromatic rings. The summed E-state index contributed by atoms with van der Waals surface area (Å²) in [6, 6.07) is 8.33. The van der Waals surface area contributed by atoms with Crippen molar-refractivity contribution < 1.29 is 0 Å². The molecule has 1 unspecified atom stereocenters. The van der Waals surface area contributed by atoms with Gasteiger partial charge in [-0.3, -0.25) is 4.79 Å². The molecule has 4 heteroatoms. The molecule has 0 spiro atoms. The summed E-state index contributed by atoms with van der Waals surface area (Å²) in [6.07, 6.45) is 8.68. The first-order valence-electron chi connectivity index (χ1n) is 8.20. The molecule has 0 aliphatic heterocycles. The summed E-state index contributed by atoms with van der Waals surface area (Å²) in [5.41, 5.74) is 4.03. The van der Waals surface area contributed by atoms with Crippen LogP contribution in [0.3, 0.4) is 0 Å². The Labute approximate surface area is 130 Å². The molecule has 0 bridgehead atoms. The lowest BCUT2D eigenvalue weighted by molar-refractivity contribution is 0.299. The van der Waals surface area contributed by atoms with E-state index in [1.54, 1.807) is 0 Å². The fraction of sp³-hybridized carbons (Fsp3) is 0.444. The first-order chi connectivity index (χ1) is 10.8. The van der Waals surface area contributed by atoms with E-state index in [0.29, 0.717) is 5.92 Å². The molecule has 22 heavy (non-hydrogen) atoms. The average Bonchev–Trinajstić information content (AvgIpc) is 2.58. The summed E-state index contributed by atoms with van der Waals surface area (Å²) in [7, 11) is 0. The zero-order valence-electron chi connectivity index (χ0n) is 12.7. The molecule has 4 rings (SSSR count). The molecule has 1 heterocycles. The van der Waals surface area contributed by atoms with Crippen molar-refractivity contribution in [1.29, 1.82) is 0 Å². The fourth-order valence-corrected chi connectivity index (χ4v) is 4.24. The molecule has 1 saturated carbocycles. The largest absolute Gasteiger partial charge is 0.335 e. The van der Waals surface area contributed by atoms with Crippen molar-refractivity contribution in [2.45, 2.75) is 44.4 Å². The van der Waals surface area contributed by atoms with E-state index in [4.69, 9.17) is 5.84 Å². The van der Waals surface area contributed by atoms with E-state index < -0.39 is 0 Å². The van der Waals surface area contributed by atoms with Crippen LogP contribution in [0.4, 0.5) is 0 Å². The second-order valence-electron chi connectivity index (χ2n) is 6.59. The summed E-state index contributed by atoms with van der Waals surface area (Å²) in [4.78, 5) is 17.2. The van der Waals surface area contributed by atoms with E-state index in [0.717, 1.165) is 27.9 Å². The van der Waals surface area contributed by atoms with Gasteiger partial charge in [0.1, 0.15) is 6.33 Å². The van der Waals surface area contributed by atoms with Gasteiger partial charge in [0.05, 0.1) is 5.69 Å². The number of fused-ring (bicyclic) bond motifs is 3. The second-order valence-corrected chi connectivity index (χ2v) is 6.59. The maximum atomic E-state index is 12.7. The van der Waals surface area contributed by atoms with Crippen LogP contribution in [0.25, 0.3) is 11.3 Å². The highest BCUT2D eigenvalue weighted by atomic mass is 16.1. The number of aromatic nitrogens is 2. The molecule has 2 aliphatic rings. The number of nitrogen functional groups attached to an aromatic ring is 1. The van der Waals surface area contributed by atoms with Gasteiger partial charge in [-0.15, -0.1) is 0 Å². The van der Waals surface area contributed by atoms with Crippen molar-refractivity contribution >= 4 is 0 Å². The van der Waals surface area contributed by atoms with Crippen LogP contribution in [0, 0.1) is 5.92 Å². The Hall–Kier alpha value is -2.10. The maximum Gasteiger partial charge on any atom is 0.275 e. The van der Waals surface area contributed by atoms with E-state index in [1.807, 2.05) is 6.07 Å². The lowest BCUT2D eigenvalue weighted by atomic mass is 9.70. The van der Waals surface area contributed by atoms with Crippen LogP contribution in [-0.2, 0) is 6.42 Å². The van der Waals surface area contributed by atoms with Crippen molar-refractivity contribution in [2.75, 3.05) is 5.84 Å². The Bertz CT molecular complexity index is 759. The van der Waals surface area contributed by atoms with E-state index in [2.05, 4.69) is 23.2 Å². The van der Waals surface area contributed by atoms with Gasteiger partial charge >= 0.3 is 0 Å². The van der Waals surface area contributed by atoms with Gasteiger partial charge in [0, 0.05) is 11.1 Å². The molecule has 1 fully saturated rings. The van der Waals surface area contributed by atoms with Gasteiger partial charge in [0.15, 0.2) is 0 Å². The number of benzene rings is 1. The van der Waals surface area contributed by atoms with Crippen LogP contribution >= 0.6 is 0 Å². The molecule has 114 valence electrons. The lowest BCUT2D eigenvalue weighted by Gasteiger charge is -2.34. The number of nitrogens with two attached hydrogens (primary N) is 1. The van der Waals surface area contributed by atoms with Gasteiger partial charge < -0.3 is 5.84 Å². The first-order valence-corrected chi connectivity index (χ1v) is 8.20. The minimum absolute atomic E-state index is 0.0740. The molecule has 2 N–H and O–H groups in total. The van der Waals surface area contributed by atoms with Crippen LogP contribution < -0.4 is 11.4 Å². The first kappa shape index (κ1) is 13.6. The average molecular weight is 295 g/mol. The Morgan fingerprint density at radius 3 is 2.73 bits per heavy atom. The van der Waals surface area contributed by atoms with Crippen LogP contribution in [0.1, 0.15) is 49.1 Å². The van der Waals surface area contributed by atoms with Crippen molar-refractivity contribution in [3.05, 3.63) is 52.1 Å². The maximum absolute atomic E-state index is 12.7. The molecular formula is C18H21N3O. The van der Waals surface area contributed by atoms with E-state index in [1.165, 1.54) is 44.0 Å². The number of nitrogens with zero attached hydrogens (tertiary/aromatic N) is 2. The summed E-state index contributed by atoms with van der Waals surface area (Å²) in [6.45, 7) is 0. The topological polar surface area (TPSA) is 60.9 Å². The minimum atomic E-state index is -0.0740. The third-order valence-electron chi connectivity index (χ3n) is 5.33. The predicted molar refractivity (Wildman–Crippen MR) is 87.1 cm³/mol. The normalized spacial score (nSPS) is 21.2. The highest BCUT2D eigenvalue weighted by Gasteiger charge is 2.34. The van der Waals surface area contributed by atoms with Gasteiger partial charge in [-0.2, -0.15) is 0 Å². The van der Waals surface area contributed by atoms with Crippen molar-refractivity contribution in [2.24, 2.45) is 5.92 Å².